The molecule has 1 aromatic carbocycles. The van der Waals surface area contributed by atoms with Gasteiger partial charge in [-0.3, -0.25) is 0 Å². The van der Waals surface area contributed by atoms with Crippen LogP contribution in [0.25, 0.3) is 0 Å². The zero-order chi connectivity index (χ0) is 11.4. The molecule has 0 saturated heterocycles. The lowest BCUT2D eigenvalue weighted by Gasteiger charge is -2.18. The molecule has 2 nitrogen and oxygen atoms in total. The minimum absolute atomic E-state index is 0.0121. The van der Waals surface area contributed by atoms with Crippen LogP contribution >= 0.6 is 12.6 Å². The third kappa shape index (κ3) is 2.89. The molecule has 0 amide bonds. The average molecular weight is 225 g/mol. The van der Waals surface area contributed by atoms with Crippen LogP contribution in [0.3, 0.4) is 0 Å². The smallest absolute Gasteiger partial charge is 0.124 e. The van der Waals surface area contributed by atoms with E-state index in [1.807, 2.05) is 6.07 Å². The molecule has 2 N–H and O–H groups in total. The van der Waals surface area contributed by atoms with Crippen molar-refractivity contribution in [1.29, 1.82) is 0 Å². The summed E-state index contributed by atoms with van der Waals surface area (Å²) < 4.78 is 5.37. The van der Waals surface area contributed by atoms with Gasteiger partial charge in [-0.1, -0.05) is 6.07 Å². The lowest BCUT2D eigenvalue weighted by atomic mass is 9.97. The van der Waals surface area contributed by atoms with Gasteiger partial charge in [0.15, 0.2) is 0 Å². The first kappa shape index (κ1) is 12.4. The zero-order valence-corrected chi connectivity index (χ0v) is 10.5. The Balaban J connectivity index is 3.14. The molecule has 0 fully saturated rings. The molecule has 0 spiro atoms. The fraction of sp³-hybridized carbons (Fsp3) is 0.500. The molecule has 3 heteroatoms. The molecule has 0 aliphatic heterocycles. The van der Waals surface area contributed by atoms with E-state index in [0.717, 1.165) is 23.5 Å². The monoisotopic (exact) mass is 225 g/mol. The van der Waals surface area contributed by atoms with Crippen molar-refractivity contribution in [2.24, 2.45) is 5.73 Å². The summed E-state index contributed by atoms with van der Waals surface area (Å²) in [5, 5.41) is 0. The van der Waals surface area contributed by atoms with Gasteiger partial charge >= 0.3 is 0 Å². The molecule has 1 atom stereocenters. The molecule has 0 heterocycles. The molecule has 84 valence electrons. The Hall–Kier alpha value is -0.670. The highest BCUT2D eigenvalue weighted by Crippen LogP contribution is 2.30. The predicted molar refractivity (Wildman–Crippen MR) is 67.9 cm³/mol. The highest BCUT2D eigenvalue weighted by atomic mass is 32.1. The third-order valence-electron chi connectivity index (χ3n) is 2.52. The number of rotatable bonds is 4. The van der Waals surface area contributed by atoms with E-state index < -0.39 is 0 Å². The molecule has 0 aromatic heterocycles. The van der Waals surface area contributed by atoms with Crippen molar-refractivity contribution in [2.75, 3.05) is 12.9 Å². The Kier molecular flexibility index (Phi) is 4.48. The summed E-state index contributed by atoms with van der Waals surface area (Å²) >= 11 is 4.21. The molecule has 0 radical (unpaired) electrons. The second-order valence-electron chi connectivity index (χ2n) is 3.82. The molecular weight excluding hydrogens is 206 g/mol. The van der Waals surface area contributed by atoms with Crippen molar-refractivity contribution in [2.45, 2.75) is 26.3 Å². The van der Waals surface area contributed by atoms with Gasteiger partial charge in [0.25, 0.3) is 0 Å². The predicted octanol–water partition coefficient (Wildman–Crippen LogP) is 2.63. The summed E-state index contributed by atoms with van der Waals surface area (Å²) in [7, 11) is 1.69. The summed E-state index contributed by atoms with van der Waals surface area (Å²) in [4.78, 5) is 0. The second-order valence-corrected chi connectivity index (χ2v) is 4.26. The zero-order valence-electron chi connectivity index (χ0n) is 9.58. The van der Waals surface area contributed by atoms with Crippen molar-refractivity contribution >= 4 is 12.6 Å². The van der Waals surface area contributed by atoms with E-state index in [2.05, 4.69) is 32.5 Å². The standard InChI is InChI=1S/C12H19NOS/c1-8-6-9(2)12(10(13)4-5-15)11(7-8)14-3/h6-7,10,15H,4-5,13H2,1-3H3. The number of methoxy groups -OCH3 is 1. The van der Waals surface area contributed by atoms with Crippen LogP contribution < -0.4 is 10.5 Å². The Morgan fingerprint density at radius 3 is 2.60 bits per heavy atom. The Morgan fingerprint density at radius 1 is 1.40 bits per heavy atom. The number of nitrogens with two attached hydrogens (primary N) is 1. The van der Waals surface area contributed by atoms with Gasteiger partial charge in [-0.05, 0) is 43.2 Å². The van der Waals surface area contributed by atoms with Gasteiger partial charge in [0.1, 0.15) is 5.75 Å². The van der Waals surface area contributed by atoms with Gasteiger partial charge in [0.2, 0.25) is 0 Å². The van der Waals surface area contributed by atoms with Gasteiger partial charge in [-0.25, -0.2) is 0 Å². The van der Waals surface area contributed by atoms with Gasteiger partial charge < -0.3 is 10.5 Å². The molecular formula is C12H19NOS. The highest BCUT2D eigenvalue weighted by Gasteiger charge is 2.14. The largest absolute Gasteiger partial charge is 0.496 e. The quantitative estimate of drug-likeness (QED) is 0.773. The minimum atomic E-state index is 0.0121. The van der Waals surface area contributed by atoms with Crippen molar-refractivity contribution in [3.05, 3.63) is 28.8 Å². The van der Waals surface area contributed by atoms with Gasteiger partial charge in [-0.2, -0.15) is 12.6 Å². The van der Waals surface area contributed by atoms with E-state index in [9.17, 15) is 0 Å². The van der Waals surface area contributed by atoms with E-state index in [-0.39, 0.29) is 6.04 Å². The fourth-order valence-corrected chi connectivity index (χ4v) is 2.15. The van der Waals surface area contributed by atoms with Gasteiger partial charge in [-0.15, -0.1) is 0 Å². The first-order valence-electron chi connectivity index (χ1n) is 5.11. The van der Waals surface area contributed by atoms with Crippen LogP contribution in [0, 0.1) is 13.8 Å². The maximum absolute atomic E-state index is 6.10. The van der Waals surface area contributed by atoms with Crippen LogP contribution in [-0.2, 0) is 0 Å². The summed E-state index contributed by atoms with van der Waals surface area (Å²) in [5.41, 5.74) is 9.61. The van der Waals surface area contributed by atoms with Crippen molar-refractivity contribution in [1.82, 2.24) is 0 Å². The molecule has 0 bridgehead atoms. The van der Waals surface area contributed by atoms with E-state index in [0.29, 0.717) is 0 Å². The van der Waals surface area contributed by atoms with Crippen molar-refractivity contribution in [3.8, 4) is 5.75 Å². The van der Waals surface area contributed by atoms with E-state index in [1.54, 1.807) is 7.11 Å². The topological polar surface area (TPSA) is 35.2 Å². The second kappa shape index (κ2) is 5.42. The Labute approximate surface area is 97.2 Å². The molecule has 15 heavy (non-hydrogen) atoms. The minimum Gasteiger partial charge on any atom is -0.496 e. The lowest BCUT2D eigenvalue weighted by Crippen LogP contribution is -2.14. The lowest BCUT2D eigenvalue weighted by molar-refractivity contribution is 0.404. The van der Waals surface area contributed by atoms with Crippen molar-refractivity contribution in [3.63, 3.8) is 0 Å². The van der Waals surface area contributed by atoms with Crippen LogP contribution in [0.4, 0.5) is 0 Å². The highest BCUT2D eigenvalue weighted by molar-refractivity contribution is 7.80. The van der Waals surface area contributed by atoms with Crippen LogP contribution in [0.5, 0.6) is 5.75 Å². The normalized spacial score (nSPS) is 12.6. The summed E-state index contributed by atoms with van der Waals surface area (Å²) in [5.74, 6) is 1.68. The molecule has 0 saturated carbocycles. The first-order valence-corrected chi connectivity index (χ1v) is 5.75. The van der Waals surface area contributed by atoms with Crippen LogP contribution in [0.15, 0.2) is 12.1 Å². The molecule has 1 aromatic rings. The van der Waals surface area contributed by atoms with E-state index in [4.69, 9.17) is 10.5 Å². The summed E-state index contributed by atoms with van der Waals surface area (Å²) in [6, 6.07) is 4.18. The van der Waals surface area contributed by atoms with Crippen LogP contribution in [-0.4, -0.2) is 12.9 Å². The van der Waals surface area contributed by atoms with Gasteiger partial charge in [0, 0.05) is 11.6 Å². The maximum Gasteiger partial charge on any atom is 0.124 e. The number of thiol groups is 1. The maximum atomic E-state index is 6.10. The van der Waals surface area contributed by atoms with E-state index >= 15 is 0 Å². The Morgan fingerprint density at radius 2 is 2.07 bits per heavy atom. The summed E-state index contributed by atoms with van der Waals surface area (Å²) in [6.07, 6.45) is 0.864. The molecule has 1 unspecified atom stereocenters. The first-order chi connectivity index (χ1) is 7.10. The number of hydrogen-bond acceptors (Lipinski definition) is 3. The SMILES string of the molecule is COc1cc(C)cc(C)c1C(N)CCS. The van der Waals surface area contributed by atoms with E-state index in [1.165, 1.54) is 11.1 Å². The number of hydrogen-bond donors (Lipinski definition) is 2. The summed E-state index contributed by atoms with van der Waals surface area (Å²) in [6.45, 7) is 4.13. The molecule has 1 rings (SSSR count). The number of benzene rings is 1. The van der Waals surface area contributed by atoms with Crippen LogP contribution in [0.2, 0.25) is 0 Å². The molecule has 0 aliphatic carbocycles. The number of aryl methyl sites for hydroxylation is 2. The Bertz CT molecular complexity index is 339. The van der Waals surface area contributed by atoms with Gasteiger partial charge in [0.05, 0.1) is 7.11 Å². The molecule has 0 aliphatic rings. The van der Waals surface area contributed by atoms with Crippen molar-refractivity contribution < 1.29 is 4.74 Å². The van der Waals surface area contributed by atoms with Crippen LogP contribution in [0.1, 0.15) is 29.2 Å². The number of ether oxygens (including phenoxy) is 1. The fourth-order valence-electron chi connectivity index (χ4n) is 1.87. The third-order valence-corrected chi connectivity index (χ3v) is 2.78. The average Bonchev–Trinajstić information content (AvgIpc) is 2.16.